The van der Waals surface area contributed by atoms with Crippen molar-refractivity contribution < 1.29 is 4.79 Å². The van der Waals surface area contributed by atoms with Crippen LogP contribution in [0.1, 0.15) is 17.7 Å². The van der Waals surface area contributed by atoms with Crippen molar-refractivity contribution in [3.8, 4) is 0 Å². The number of para-hydroxylation sites is 1. The second kappa shape index (κ2) is 5.10. The van der Waals surface area contributed by atoms with Crippen LogP contribution in [0.4, 0.5) is 5.69 Å². The molecular formula is C16H15NOS. The monoisotopic (exact) mass is 269 g/mol. The summed E-state index contributed by atoms with van der Waals surface area (Å²) in [4.78, 5) is 15.5. The minimum absolute atomic E-state index is 0.112. The average molecular weight is 269 g/mol. The Labute approximate surface area is 117 Å². The molecule has 0 aliphatic carbocycles. The zero-order chi connectivity index (χ0) is 13.2. The second-order valence-corrected chi connectivity index (χ2v) is 5.63. The van der Waals surface area contributed by atoms with Gasteiger partial charge in [0.25, 0.3) is 0 Å². The number of hydrogen-bond acceptors (Lipinski definition) is 2. The molecule has 0 aromatic heterocycles. The Morgan fingerprint density at radius 3 is 2.47 bits per heavy atom. The van der Waals surface area contributed by atoms with E-state index in [1.54, 1.807) is 11.8 Å². The van der Waals surface area contributed by atoms with Crippen LogP contribution in [0.5, 0.6) is 0 Å². The Morgan fingerprint density at radius 1 is 1.05 bits per heavy atom. The van der Waals surface area contributed by atoms with Crippen LogP contribution in [0.3, 0.4) is 0 Å². The molecule has 2 aromatic rings. The van der Waals surface area contributed by atoms with Crippen molar-refractivity contribution in [2.45, 2.75) is 17.1 Å². The summed E-state index contributed by atoms with van der Waals surface area (Å²) >= 11 is 1.63. The third-order valence-corrected chi connectivity index (χ3v) is 4.55. The van der Waals surface area contributed by atoms with Crippen LogP contribution >= 0.6 is 11.8 Å². The largest absolute Gasteiger partial charge is 0.311 e. The van der Waals surface area contributed by atoms with Crippen LogP contribution in [-0.2, 0) is 4.79 Å². The SMILES string of the molecule is CCN1C(=O)C(Sc2ccccc2)c2ccccc21. The zero-order valence-corrected chi connectivity index (χ0v) is 11.6. The fourth-order valence-corrected chi connectivity index (χ4v) is 3.56. The van der Waals surface area contributed by atoms with Crippen molar-refractivity contribution in [1.82, 2.24) is 0 Å². The van der Waals surface area contributed by atoms with E-state index in [1.807, 2.05) is 48.2 Å². The lowest BCUT2D eigenvalue weighted by Crippen LogP contribution is -2.27. The highest BCUT2D eigenvalue weighted by molar-refractivity contribution is 8.00. The lowest BCUT2D eigenvalue weighted by atomic mass is 10.1. The molecule has 2 aromatic carbocycles. The zero-order valence-electron chi connectivity index (χ0n) is 10.7. The van der Waals surface area contributed by atoms with Gasteiger partial charge in [0, 0.05) is 17.1 Å². The standard InChI is InChI=1S/C16H15NOS/c1-2-17-14-11-7-6-10-13(14)15(16(17)18)19-12-8-4-3-5-9-12/h3-11,15H,2H2,1H3. The molecule has 0 saturated carbocycles. The van der Waals surface area contributed by atoms with E-state index in [9.17, 15) is 4.79 Å². The van der Waals surface area contributed by atoms with E-state index in [0.29, 0.717) is 0 Å². The van der Waals surface area contributed by atoms with Crippen LogP contribution in [0, 0.1) is 0 Å². The summed E-state index contributed by atoms with van der Waals surface area (Å²) in [5.41, 5.74) is 2.19. The van der Waals surface area contributed by atoms with E-state index in [-0.39, 0.29) is 11.2 Å². The van der Waals surface area contributed by atoms with E-state index < -0.39 is 0 Å². The number of fused-ring (bicyclic) bond motifs is 1. The first kappa shape index (κ1) is 12.3. The van der Waals surface area contributed by atoms with Crippen LogP contribution in [-0.4, -0.2) is 12.5 Å². The van der Waals surface area contributed by atoms with Gasteiger partial charge in [-0.2, -0.15) is 0 Å². The van der Waals surface area contributed by atoms with Gasteiger partial charge < -0.3 is 4.90 Å². The molecule has 19 heavy (non-hydrogen) atoms. The first-order chi connectivity index (χ1) is 9.31. The second-order valence-electron chi connectivity index (χ2n) is 4.45. The summed E-state index contributed by atoms with van der Waals surface area (Å²) in [7, 11) is 0. The molecule has 0 spiro atoms. The molecule has 0 bridgehead atoms. The lowest BCUT2D eigenvalue weighted by Gasteiger charge is -2.14. The van der Waals surface area contributed by atoms with Gasteiger partial charge >= 0.3 is 0 Å². The number of hydrogen-bond donors (Lipinski definition) is 0. The van der Waals surface area contributed by atoms with Crippen LogP contribution in [0.25, 0.3) is 0 Å². The minimum atomic E-state index is -0.112. The summed E-state index contributed by atoms with van der Waals surface area (Å²) in [5.74, 6) is 0.192. The summed E-state index contributed by atoms with van der Waals surface area (Å²) in [6.45, 7) is 2.74. The number of likely N-dealkylation sites (N-methyl/N-ethyl adjacent to an activating group) is 1. The maximum absolute atomic E-state index is 12.5. The van der Waals surface area contributed by atoms with Gasteiger partial charge in [-0.25, -0.2) is 0 Å². The number of anilines is 1. The molecule has 0 saturated heterocycles. The van der Waals surface area contributed by atoms with Crippen molar-refractivity contribution in [2.75, 3.05) is 11.4 Å². The third kappa shape index (κ3) is 2.15. The van der Waals surface area contributed by atoms with Crippen molar-refractivity contribution in [3.05, 3.63) is 60.2 Å². The first-order valence-electron chi connectivity index (χ1n) is 6.43. The summed E-state index contributed by atoms with van der Waals surface area (Å²) in [5, 5.41) is -0.112. The quantitative estimate of drug-likeness (QED) is 0.842. The van der Waals surface area contributed by atoms with Crippen LogP contribution in [0.2, 0.25) is 0 Å². The lowest BCUT2D eigenvalue weighted by molar-refractivity contribution is -0.117. The number of carbonyl (C=O) groups is 1. The van der Waals surface area contributed by atoms with E-state index in [2.05, 4.69) is 18.2 Å². The summed E-state index contributed by atoms with van der Waals surface area (Å²) in [6, 6.07) is 18.2. The number of rotatable bonds is 3. The molecule has 1 heterocycles. The van der Waals surface area contributed by atoms with Crippen molar-refractivity contribution in [3.63, 3.8) is 0 Å². The molecule has 1 atom stereocenters. The molecule has 3 rings (SSSR count). The fourth-order valence-electron chi connectivity index (χ4n) is 2.42. The van der Waals surface area contributed by atoms with E-state index >= 15 is 0 Å². The maximum atomic E-state index is 12.5. The molecule has 0 fully saturated rings. The summed E-state index contributed by atoms with van der Waals surface area (Å²) < 4.78 is 0. The molecular weight excluding hydrogens is 254 g/mol. The molecule has 0 N–H and O–H groups in total. The average Bonchev–Trinajstić information content (AvgIpc) is 2.73. The molecule has 1 aliphatic heterocycles. The molecule has 96 valence electrons. The summed E-state index contributed by atoms with van der Waals surface area (Å²) in [6.07, 6.45) is 0. The van der Waals surface area contributed by atoms with Gasteiger partial charge in [0.15, 0.2) is 0 Å². The highest BCUT2D eigenvalue weighted by Crippen LogP contribution is 2.46. The Morgan fingerprint density at radius 2 is 1.74 bits per heavy atom. The predicted octanol–water partition coefficient (Wildman–Crippen LogP) is 3.89. The van der Waals surface area contributed by atoms with Crippen molar-refractivity contribution in [1.29, 1.82) is 0 Å². The molecule has 2 nitrogen and oxygen atoms in total. The van der Waals surface area contributed by atoms with Gasteiger partial charge in [-0.3, -0.25) is 4.79 Å². The van der Waals surface area contributed by atoms with Gasteiger partial charge in [0.1, 0.15) is 5.25 Å². The van der Waals surface area contributed by atoms with Crippen LogP contribution < -0.4 is 4.90 Å². The maximum Gasteiger partial charge on any atom is 0.245 e. The highest BCUT2D eigenvalue weighted by Gasteiger charge is 2.36. The molecule has 1 aliphatic rings. The van der Waals surface area contributed by atoms with E-state index in [1.165, 1.54) is 0 Å². The number of thioether (sulfide) groups is 1. The van der Waals surface area contributed by atoms with Crippen molar-refractivity contribution in [2.24, 2.45) is 0 Å². The molecule has 0 radical (unpaired) electrons. The van der Waals surface area contributed by atoms with Gasteiger partial charge in [-0.15, -0.1) is 11.8 Å². The Balaban J connectivity index is 1.96. The Bertz CT molecular complexity index is 597. The molecule has 3 heteroatoms. The third-order valence-electron chi connectivity index (χ3n) is 3.31. The topological polar surface area (TPSA) is 20.3 Å². The smallest absolute Gasteiger partial charge is 0.245 e. The van der Waals surface area contributed by atoms with Gasteiger partial charge in [-0.05, 0) is 30.7 Å². The number of nitrogens with zero attached hydrogens (tertiary/aromatic N) is 1. The van der Waals surface area contributed by atoms with Gasteiger partial charge in [0.2, 0.25) is 5.91 Å². The minimum Gasteiger partial charge on any atom is -0.311 e. The molecule has 1 amide bonds. The normalized spacial score (nSPS) is 17.6. The molecule has 1 unspecified atom stereocenters. The van der Waals surface area contributed by atoms with Gasteiger partial charge in [-0.1, -0.05) is 36.4 Å². The first-order valence-corrected chi connectivity index (χ1v) is 7.31. The highest BCUT2D eigenvalue weighted by atomic mass is 32.2. The van der Waals surface area contributed by atoms with Crippen molar-refractivity contribution >= 4 is 23.4 Å². The number of amides is 1. The Hall–Kier alpha value is -1.74. The van der Waals surface area contributed by atoms with Crippen LogP contribution in [0.15, 0.2) is 59.5 Å². The van der Waals surface area contributed by atoms with E-state index in [4.69, 9.17) is 0 Å². The number of carbonyl (C=O) groups excluding carboxylic acids is 1. The fraction of sp³-hybridized carbons (Fsp3) is 0.188. The van der Waals surface area contributed by atoms with E-state index in [0.717, 1.165) is 22.7 Å². The van der Waals surface area contributed by atoms with Gasteiger partial charge in [0.05, 0.1) is 0 Å². The number of benzene rings is 2. The predicted molar refractivity (Wildman–Crippen MR) is 79.5 cm³/mol. The Kier molecular flexibility index (Phi) is 3.30.